The van der Waals surface area contributed by atoms with Crippen LogP contribution in [0.3, 0.4) is 0 Å². The molecule has 7 nitrogen and oxygen atoms in total. The third-order valence-corrected chi connectivity index (χ3v) is 10.2. The Morgan fingerprint density at radius 2 is 1.54 bits per heavy atom. The number of nitrogens with one attached hydrogen (secondary N) is 1. The van der Waals surface area contributed by atoms with Crippen LogP contribution in [0.15, 0.2) is 102 Å². The summed E-state index contributed by atoms with van der Waals surface area (Å²) in [5.41, 5.74) is 1.76. The van der Waals surface area contributed by atoms with Crippen molar-refractivity contribution in [1.82, 2.24) is 10.2 Å². The Balaban J connectivity index is 1.85. The highest BCUT2D eigenvalue weighted by molar-refractivity contribution is 7.92. The summed E-state index contributed by atoms with van der Waals surface area (Å²) in [6, 6.07) is 24.4. The highest BCUT2D eigenvalue weighted by Gasteiger charge is 2.36. The molecule has 0 aliphatic rings. The van der Waals surface area contributed by atoms with E-state index in [9.17, 15) is 18.0 Å². The van der Waals surface area contributed by atoms with Crippen LogP contribution in [0, 0.1) is 12.7 Å². The van der Waals surface area contributed by atoms with Crippen LogP contribution in [0.4, 0.5) is 10.1 Å². The maximum absolute atomic E-state index is 15.1. The Kier molecular flexibility index (Phi) is 11.8. The highest BCUT2D eigenvalue weighted by Crippen LogP contribution is 2.35. The quantitative estimate of drug-likeness (QED) is 0.162. The summed E-state index contributed by atoms with van der Waals surface area (Å²) in [5, 5.41) is 2.98. The van der Waals surface area contributed by atoms with E-state index in [2.05, 4.69) is 5.32 Å². The van der Waals surface area contributed by atoms with E-state index in [1.165, 1.54) is 53.4 Å². The second kappa shape index (κ2) is 15.6. The Bertz CT molecular complexity index is 1770. The fourth-order valence-electron chi connectivity index (χ4n) is 4.84. The number of sulfonamides is 1. The second-order valence-electron chi connectivity index (χ2n) is 11.0. The van der Waals surface area contributed by atoms with Crippen LogP contribution < -0.4 is 9.62 Å². The molecule has 0 aromatic heterocycles. The molecule has 0 saturated carbocycles. The zero-order chi connectivity index (χ0) is 33.4. The van der Waals surface area contributed by atoms with Gasteiger partial charge in [-0.1, -0.05) is 102 Å². The van der Waals surface area contributed by atoms with Gasteiger partial charge in [-0.3, -0.25) is 13.9 Å². The van der Waals surface area contributed by atoms with Crippen LogP contribution in [0.5, 0.6) is 0 Å². The summed E-state index contributed by atoms with van der Waals surface area (Å²) in [5.74, 6) is -1.75. The van der Waals surface area contributed by atoms with Gasteiger partial charge in [0.15, 0.2) is 0 Å². The largest absolute Gasteiger partial charge is 0.352 e. The van der Waals surface area contributed by atoms with Crippen LogP contribution >= 0.6 is 23.2 Å². The number of hydrogen-bond acceptors (Lipinski definition) is 4. The van der Waals surface area contributed by atoms with Crippen LogP contribution in [0.25, 0.3) is 0 Å². The number of anilines is 1. The number of amides is 2. The lowest BCUT2D eigenvalue weighted by molar-refractivity contribution is -0.140. The third kappa shape index (κ3) is 8.46. The molecule has 11 heteroatoms. The molecule has 0 aliphatic carbocycles. The monoisotopic (exact) mass is 683 g/mol. The van der Waals surface area contributed by atoms with Crippen molar-refractivity contribution >= 4 is 50.7 Å². The predicted molar refractivity (Wildman–Crippen MR) is 181 cm³/mol. The molecule has 2 atom stereocenters. The van der Waals surface area contributed by atoms with Gasteiger partial charge in [0.1, 0.15) is 18.4 Å². The van der Waals surface area contributed by atoms with E-state index >= 15 is 4.39 Å². The summed E-state index contributed by atoms with van der Waals surface area (Å²) in [6.07, 6.45) is 0.743. The molecule has 0 radical (unpaired) electrons. The molecule has 4 rings (SSSR count). The van der Waals surface area contributed by atoms with E-state index in [0.717, 1.165) is 15.4 Å². The molecular weight excluding hydrogens is 648 g/mol. The summed E-state index contributed by atoms with van der Waals surface area (Å²) in [4.78, 5) is 29.5. The van der Waals surface area contributed by atoms with Crippen LogP contribution in [-0.4, -0.2) is 43.8 Å². The first-order chi connectivity index (χ1) is 21.9. The Labute approximate surface area is 280 Å². The van der Waals surface area contributed by atoms with Gasteiger partial charge in [0.25, 0.3) is 10.0 Å². The Morgan fingerprint density at radius 1 is 0.891 bits per heavy atom. The average Bonchev–Trinajstić information content (AvgIpc) is 3.04. The van der Waals surface area contributed by atoms with Crippen LogP contribution in [-0.2, 0) is 32.6 Å². The van der Waals surface area contributed by atoms with Gasteiger partial charge in [0, 0.05) is 24.6 Å². The number of hydrogen-bond donors (Lipinski definition) is 1. The molecule has 2 amide bonds. The molecule has 0 fully saturated rings. The van der Waals surface area contributed by atoms with Crippen molar-refractivity contribution in [2.75, 3.05) is 10.8 Å². The molecule has 0 saturated heterocycles. The molecule has 1 N–H and O–H groups in total. The van der Waals surface area contributed by atoms with Gasteiger partial charge in [0.05, 0.1) is 20.6 Å². The van der Waals surface area contributed by atoms with E-state index in [0.29, 0.717) is 6.42 Å². The average molecular weight is 685 g/mol. The summed E-state index contributed by atoms with van der Waals surface area (Å²) in [6.45, 7) is 4.55. The van der Waals surface area contributed by atoms with Crippen molar-refractivity contribution in [3.63, 3.8) is 0 Å². The molecule has 0 unspecified atom stereocenters. The maximum atomic E-state index is 15.1. The van der Waals surface area contributed by atoms with E-state index in [4.69, 9.17) is 23.2 Å². The van der Waals surface area contributed by atoms with E-state index in [1.54, 1.807) is 18.2 Å². The van der Waals surface area contributed by atoms with Crippen molar-refractivity contribution in [3.05, 3.63) is 130 Å². The topological polar surface area (TPSA) is 86.8 Å². The first-order valence-electron chi connectivity index (χ1n) is 14.8. The number of halogens is 3. The zero-order valence-electron chi connectivity index (χ0n) is 25.8. The zero-order valence-corrected chi connectivity index (χ0v) is 28.1. The summed E-state index contributed by atoms with van der Waals surface area (Å²) in [7, 11) is -4.38. The third-order valence-electron chi connectivity index (χ3n) is 7.66. The minimum Gasteiger partial charge on any atom is -0.352 e. The van der Waals surface area contributed by atoms with Gasteiger partial charge < -0.3 is 10.2 Å². The molecular formula is C35H36Cl2FN3O4S. The normalized spacial score (nSPS) is 12.7. The molecule has 0 aliphatic heterocycles. The number of aryl methyl sites for hydroxylation is 1. The van der Waals surface area contributed by atoms with Crippen LogP contribution in [0.1, 0.15) is 37.0 Å². The van der Waals surface area contributed by atoms with Gasteiger partial charge in [0.2, 0.25) is 11.8 Å². The predicted octanol–water partition coefficient (Wildman–Crippen LogP) is 7.19. The van der Waals surface area contributed by atoms with Crippen LogP contribution in [0.2, 0.25) is 10.0 Å². The van der Waals surface area contributed by atoms with Crippen molar-refractivity contribution in [1.29, 1.82) is 0 Å². The smallest absolute Gasteiger partial charge is 0.264 e. The van der Waals surface area contributed by atoms with Gasteiger partial charge in [-0.2, -0.15) is 0 Å². The van der Waals surface area contributed by atoms with Gasteiger partial charge in [-0.25, -0.2) is 12.8 Å². The first kappa shape index (κ1) is 34.9. The summed E-state index contributed by atoms with van der Waals surface area (Å²) < 4.78 is 44.3. The number of benzene rings is 4. The van der Waals surface area contributed by atoms with E-state index < -0.39 is 40.2 Å². The second-order valence-corrected chi connectivity index (χ2v) is 13.7. The molecule has 242 valence electrons. The lowest BCUT2D eigenvalue weighted by Gasteiger charge is -2.34. The van der Waals surface area contributed by atoms with Crippen molar-refractivity contribution in [2.45, 2.75) is 57.1 Å². The van der Waals surface area contributed by atoms with Gasteiger partial charge in [-0.15, -0.1) is 0 Å². The Morgan fingerprint density at radius 3 is 2.20 bits per heavy atom. The minimum atomic E-state index is -4.38. The fraction of sp³-hybridized carbons (Fsp3) is 0.257. The van der Waals surface area contributed by atoms with E-state index in [-0.39, 0.29) is 45.2 Å². The Hall–Kier alpha value is -3.92. The lowest BCUT2D eigenvalue weighted by Crippen LogP contribution is -2.54. The molecule has 0 bridgehead atoms. The molecule has 46 heavy (non-hydrogen) atoms. The lowest BCUT2D eigenvalue weighted by atomic mass is 10.0. The number of carbonyl (C=O) groups is 2. The number of carbonyl (C=O) groups excluding carboxylic acids is 2. The van der Waals surface area contributed by atoms with E-state index in [1.807, 2.05) is 51.1 Å². The number of nitrogens with zero attached hydrogens (tertiary/aromatic N) is 2. The first-order valence-corrected chi connectivity index (χ1v) is 17.0. The van der Waals surface area contributed by atoms with Gasteiger partial charge in [-0.05, 0) is 56.2 Å². The SMILES string of the molecule is CC[C@H](C)NC(=O)[C@@H](Cc1ccccc1)N(Cc1ccccc1F)C(=O)CN(c1cccc(Cl)c1Cl)S(=O)(=O)c1ccc(C)cc1. The molecule has 4 aromatic carbocycles. The number of rotatable bonds is 13. The molecule has 0 spiro atoms. The maximum Gasteiger partial charge on any atom is 0.264 e. The molecule has 0 heterocycles. The van der Waals surface area contributed by atoms with Crippen molar-refractivity contribution in [3.8, 4) is 0 Å². The standard InChI is InChI=1S/C35H36Cl2FN3O4S/c1-4-25(3)39-35(43)32(21-26-11-6-5-7-12-26)40(22-27-13-8-9-15-30(27)38)33(42)23-41(31-16-10-14-29(36)34(31)37)46(44,45)28-19-17-24(2)18-20-28/h5-20,25,32H,4,21-23H2,1-3H3,(H,39,43)/t25-,32+/m0/s1. The highest BCUT2D eigenvalue weighted by atomic mass is 35.5. The minimum absolute atomic E-state index is 0.0161. The summed E-state index contributed by atoms with van der Waals surface area (Å²) >= 11 is 12.8. The van der Waals surface area contributed by atoms with Crippen molar-refractivity contribution in [2.24, 2.45) is 0 Å². The van der Waals surface area contributed by atoms with Gasteiger partial charge >= 0.3 is 0 Å². The fourth-order valence-corrected chi connectivity index (χ4v) is 6.71. The van der Waals surface area contributed by atoms with Crippen molar-refractivity contribution < 1.29 is 22.4 Å². The molecule has 4 aromatic rings.